The summed E-state index contributed by atoms with van der Waals surface area (Å²) >= 11 is 0. The van der Waals surface area contributed by atoms with Gasteiger partial charge in [-0.3, -0.25) is 0 Å². The first-order chi connectivity index (χ1) is 15.2. The summed E-state index contributed by atoms with van der Waals surface area (Å²) in [6, 6.07) is 6.97. The van der Waals surface area contributed by atoms with Gasteiger partial charge in [-0.1, -0.05) is 115 Å². The Balaban J connectivity index is 1.76. The van der Waals surface area contributed by atoms with Gasteiger partial charge >= 0.3 is 6.09 Å². The van der Waals surface area contributed by atoms with Crippen molar-refractivity contribution in [1.29, 1.82) is 0 Å². The number of rotatable bonds is 20. The molecule has 0 aromatic heterocycles. The summed E-state index contributed by atoms with van der Waals surface area (Å²) in [5.41, 5.74) is 1.04. The monoisotopic (exact) mass is 433 g/mol. The Labute approximate surface area is 191 Å². The lowest BCUT2D eigenvalue weighted by atomic mass is 10.0. The third kappa shape index (κ3) is 17.6. The van der Waals surface area contributed by atoms with Crippen LogP contribution in [0, 0.1) is 0 Å². The molecule has 0 aliphatic heterocycles. The number of benzene rings is 1. The molecule has 0 unspecified atom stereocenters. The van der Waals surface area contributed by atoms with Crippen LogP contribution in [-0.2, 0) is 11.2 Å². The van der Waals surface area contributed by atoms with Gasteiger partial charge in [-0.05, 0) is 24.1 Å². The maximum Gasteiger partial charge on any atom is 0.407 e. The van der Waals surface area contributed by atoms with Crippen LogP contribution in [0.25, 0.3) is 0 Å². The molecule has 2 N–H and O–H groups in total. The molecule has 0 saturated carbocycles. The number of aromatic hydroxyl groups is 1. The average Bonchev–Trinajstić information content (AvgIpc) is 2.77. The van der Waals surface area contributed by atoms with Crippen molar-refractivity contribution in [1.82, 2.24) is 5.32 Å². The van der Waals surface area contributed by atoms with Crippen LogP contribution in [0.1, 0.15) is 115 Å². The van der Waals surface area contributed by atoms with Crippen molar-refractivity contribution in [2.24, 2.45) is 0 Å². The zero-order valence-corrected chi connectivity index (χ0v) is 20.0. The number of hydrogen-bond donors (Lipinski definition) is 2. The van der Waals surface area contributed by atoms with Gasteiger partial charge in [0.15, 0.2) is 0 Å². The number of nitrogens with one attached hydrogen (secondary N) is 1. The smallest absolute Gasteiger partial charge is 0.407 e. The first-order valence-corrected chi connectivity index (χ1v) is 12.9. The van der Waals surface area contributed by atoms with Crippen molar-refractivity contribution in [2.45, 2.75) is 116 Å². The molecule has 0 bridgehead atoms. The molecule has 0 aliphatic carbocycles. The Morgan fingerprint density at radius 3 is 1.68 bits per heavy atom. The fourth-order valence-corrected chi connectivity index (χ4v) is 3.84. The third-order valence-corrected chi connectivity index (χ3v) is 5.86. The SMILES string of the molecule is CCCCCCCCCCCCCCCCCCNC(=O)OCCc1ccc(O)cc1. The minimum absolute atomic E-state index is 0.251. The fraction of sp³-hybridized carbons (Fsp3) is 0.741. The number of carbonyl (C=O) groups excluding carboxylic acids is 1. The van der Waals surface area contributed by atoms with Crippen LogP contribution in [0.4, 0.5) is 4.79 Å². The van der Waals surface area contributed by atoms with Gasteiger partial charge in [0.1, 0.15) is 5.75 Å². The van der Waals surface area contributed by atoms with E-state index >= 15 is 0 Å². The van der Waals surface area contributed by atoms with Gasteiger partial charge in [-0.2, -0.15) is 0 Å². The highest BCUT2D eigenvalue weighted by Crippen LogP contribution is 2.13. The molecule has 1 aromatic rings. The second-order valence-electron chi connectivity index (χ2n) is 8.78. The highest BCUT2D eigenvalue weighted by atomic mass is 16.5. The van der Waals surface area contributed by atoms with Crippen molar-refractivity contribution >= 4 is 6.09 Å². The van der Waals surface area contributed by atoms with Gasteiger partial charge in [0.2, 0.25) is 0 Å². The molecule has 0 saturated heterocycles. The topological polar surface area (TPSA) is 58.6 Å². The Hall–Kier alpha value is -1.71. The van der Waals surface area contributed by atoms with Crippen LogP contribution < -0.4 is 5.32 Å². The van der Waals surface area contributed by atoms with Crippen LogP contribution in [0.5, 0.6) is 5.75 Å². The summed E-state index contributed by atoms with van der Waals surface area (Å²) < 4.78 is 5.19. The predicted octanol–water partition coefficient (Wildman–Crippen LogP) is 7.92. The Kier molecular flexibility index (Phi) is 17.8. The van der Waals surface area contributed by atoms with Crippen molar-refractivity contribution in [2.75, 3.05) is 13.2 Å². The first-order valence-electron chi connectivity index (χ1n) is 12.9. The third-order valence-electron chi connectivity index (χ3n) is 5.86. The molecule has 1 rings (SSSR count). The zero-order valence-electron chi connectivity index (χ0n) is 20.0. The van der Waals surface area contributed by atoms with Crippen molar-refractivity contribution in [3.05, 3.63) is 29.8 Å². The summed E-state index contributed by atoms with van der Waals surface area (Å²) in [6.07, 6.45) is 22.0. The molecule has 0 fully saturated rings. The van der Waals surface area contributed by atoms with E-state index in [1.165, 1.54) is 96.3 Å². The maximum atomic E-state index is 11.7. The fourth-order valence-electron chi connectivity index (χ4n) is 3.84. The molecule has 4 nitrogen and oxygen atoms in total. The number of phenols is 1. The van der Waals surface area contributed by atoms with Crippen LogP contribution in [0.3, 0.4) is 0 Å². The summed E-state index contributed by atoms with van der Waals surface area (Å²) in [5.74, 6) is 0.251. The molecular weight excluding hydrogens is 386 g/mol. The van der Waals surface area contributed by atoms with E-state index in [-0.39, 0.29) is 11.8 Å². The summed E-state index contributed by atoms with van der Waals surface area (Å²) in [5, 5.41) is 12.1. The molecule has 178 valence electrons. The van der Waals surface area contributed by atoms with Gasteiger partial charge in [0, 0.05) is 13.0 Å². The van der Waals surface area contributed by atoms with Crippen molar-refractivity contribution < 1.29 is 14.6 Å². The van der Waals surface area contributed by atoms with E-state index in [4.69, 9.17) is 4.74 Å². The predicted molar refractivity (Wildman–Crippen MR) is 131 cm³/mol. The number of amides is 1. The number of phenolic OH excluding ortho intramolecular Hbond substituents is 1. The van der Waals surface area contributed by atoms with E-state index < -0.39 is 0 Å². The van der Waals surface area contributed by atoms with Crippen LogP contribution in [0.15, 0.2) is 24.3 Å². The second kappa shape index (κ2) is 20.2. The second-order valence-corrected chi connectivity index (χ2v) is 8.78. The Bertz CT molecular complexity index is 530. The number of alkyl carbamates (subject to hydrolysis) is 1. The standard InChI is InChI=1S/C27H47NO3/c1-2-3-4-5-6-7-8-9-10-11-12-13-14-15-16-17-23-28-27(30)31-24-22-25-18-20-26(29)21-19-25/h18-21,29H,2-17,22-24H2,1H3,(H,28,30). The summed E-state index contributed by atoms with van der Waals surface area (Å²) in [6.45, 7) is 3.33. The first kappa shape index (κ1) is 27.3. The quantitative estimate of drug-likeness (QED) is 0.205. The Morgan fingerprint density at radius 2 is 1.19 bits per heavy atom. The molecule has 1 aromatic carbocycles. The van der Waals surface area contributed by atoms with E-state index in [9.17, 15) is 9.90 Å². The van der Waals surface area contributed by atoms with Crippen LogP contribution in [0.2, 0.25) is 0 Å². The molecule has 0 aliphatic rings. The molecule has 0 radical (unpaired) electrons. The average molecular weight is 434 g/mol. The van der Waals surface area contributed by atoms with Crippen LogP contribution in [-0.4, -0.2) is 24.4 Å². The molecule has 1 amide bonds. The largest absolute Gasteiger partial charge is 0.508 e. The van der Waals surface area contributed by atoms with Gasteiger partial charge in [-0.15, -0.1) is 0 Å². The lowest BCUT2D eigenvalue weighted by molar-refractivity contribution is 0.147. The van der Waals surface area contributed by atoms with Gasteiger partial charge < -0.3 is 15.2 Å². The highest BCUT2D eigenvalue weighted by Gasteiger charge is 2.02. The van der Waals surface area contributed by atoms with Crippen molar-refractivity contribution in [3.63, 3.8) is 0 Å². The minimum Gasteiger partial charge on any atom is -0.508 e. The summed E-state index contributed by atoms with van der Waals surface area (Å²) in [7, 11) is 0. The number of carbonyl (C=O) groups is 1. The van der Waals surface area contributed by atoms with Gasteiger partial charge in [0.25, 0.3) is 0 Å². The zero-order chi connectivity index (χ0) is 22.4. The molecule has 4 heteroatoms. The van der Waals surface area contributed by atoms with Crippen molar-refractivity contribution in [3.8, 4) is 5.75 Å². The normalized spacial score (nSPS) is 10.9. The molecule has 0 atom stereocenters. The number of unbranched alkanes of at least 4 members (excludes halogenated alkanes) is 15. The number of ether oxygens (including phenoxy) is 1. The van der Waals surface area contributed by atoms with E-state index in [2.05, 4.69) is 12.2 Å². The minimum atomic E-state index is -0.334. The van der Waals surface area contributed by atoms with E-state index in [1.54, 1.807) is 12.1 Å². The molecule has 0 heterocycles. The maximum absolute atomic E-state index is 11.7. The van der Waals surface area contributed by atoms with Gasteiger partial charge in [-0.25, -0.2) is 4.79 Å². The van der Waals surface area contributed by atoms with Gasteiger partial charge in [0.05, 0.1) is 6.61 Å². The molecule has 0 spiro atoms. The molecule has 31 heavy (non-hydrogen) atoms. The number of hydrogen-bond acceptors (Lipinski definition) is 3. The highest BCUT2D eigenvalue weighted by molar-refractivity contribution is 5.67. The summed E-state index contributed by atoms with van der Waals surface area (Å²) in [4.78, 5) is 11.7. The van der Waals surface area contributed by atoms with E-state index in [0.717, 1.165) is 12.0 Å². The lowest BCUT2D eigenvalue weighted by Gasteiger charge is -2.07. The van der Waals surface area contributed by atoms with E-state index in [0.29, 0.717) is 19.6 Å². The molecular formula is C27H47NO3. The lowest BCUT2D eigenvalue weighted by Crippen LogP contribution is -2.26. The van der Waals surface area contributed by atoms with E-state index in [1.807, 2.05) is 12.1 Å². The van der Waals surface area contributed by atoms with Crippen LogP contribution >= 0.6 is 0 Å². The Morgan fingerprint density at radius 1 is 0.742 bits per heavy atom.